The Balaban J connectivity index is 2.86. The first kappa shape index (κ1) is 18.8. The Hall–Kier alpha value is -2.28. The normalized spacial score (nSPS) is 10.1. The Morgan fingerprint density at radius 1 is 1.17 bits per heavy atom. The maximum atomic E-state index is 12.0. The molecular weight excluding hydrogens is 300 g/mol. The molecule has 1 aromatic carbocycles. The molecule has 0 aliphatic heterocycles. The number of anilines is 1. The third kappa shape index (κ3) is 5.78. The van der Waals surface area contributed by atoms with Crippen LogP contribution in [0.25, 0.3) is 0 Å². The molecule has 7 heteroatoms. The molecule has 1 aromatic rings. The third-order valence-corrected chi connectivity index (χ3v) is 3.21. The predicted octanol–water partition coefficient (Wildman–Crippen LogP) is 1.21. The summed E-state index contributed by atoms with van der Waals surface area (Å²) in [5, 5.41) is 2.75. The lowest BCUT2D eigenvalue weighted by Crippen LogP contribution is -2.40. The van der Waals surface area contributed by atoms with Crippen molar-refractivity contribution < 1.29 is 23.8 Å². The van der Waals surface area contributed by atoms with Crippen LogP contribution in [0.1, 0.15) is 13.3 Å². The molecule has 0 radical (unpaired) electrons. The number of nitrogens with zero attached hydrogens (tertiary/aromatic N) is 1. The summed E-state index contributed by atoms with van der Waals surface area (Å²) in [4.78, 5) is 25.3. The van der Waals surface area contributed by atoms with Crippen molar-refractivity contribution in [1.29, 1.82) is 0 Å². The predicted molar refractivity (Wildman–Crippen MR) is 87.1 cm³/mol. The van der Waals surface area contributed by atoms with E-state index < -0.39 is 0 Å². The van der Waals surface area contributed by atoms with E-state index in [2.05, 4.69) is 5.32 Å². The molecule has 0 spiro atoms. The molecule has 2 amide bonds. The fraction of sp³-hybridized carbons (Fsp3) is 0.500. The zero-order valence-corrected chi connectivity index (χ0v) is 14.0. The number of nitrogens with one attached hydrogen (secondary N) is 1. The molecule has 7 nitrogen and oxygen atoms in total. The molecule has 23 heavy (non-hydrogen) atoms. The number of carbonyl (C=O) groups is 2. The molecule has 0 aliphatic carbocycles. The molecule has 128 valence electrons. The summed E-state index contributed by atoms with van der Waals surface area (Å²) in [5.74, 6) is 0.561. The van der Waals surface area contributed by atoms with Gasteiger partial charge < -0.3 is 19.5 Å². The summed E-state index contributed by atoms with van der Waals surface area (Å²) in [6.45, 7) is 2.37. The van der Waals surface area contributed by atoms with E-state index in [1.807, 2.05) is 0 Å². The summed E-state index contributed by atoms with van der Waals surface area (Å²) >= 11 is 0. The molecule has 0 saturated heterocycles. The van der Waals surface area contributed by atoms with Crippen molar-refractivity contribution in [2.45, 2.75) is 13.3 Å². The third-order valence-electron chi connectivity index (χ3n) is 3.21. The van der Waals surface area contributed by atoms with E-state index in [-0.39, 0.29) is 18.4 Å². The lowest BCUT2D eigenvalue weighted by atomic mass is 10.2. The van der Waals surface area contributed by atoms with Gasteiger partial charge in [-0.3, -0.25) is 14.5 Å². The first-order valence-electron chi connectivity index (χ1n) is 7.29. The van der Waals surface area contributed by atoms with Gasteiger partial charge in [0.05, 0.1) is 19.9 Å². The Labute approximate surface area is 136 Å². The zero-order chi connectivity index (χ0) is 17.2. The maximum Gasteiger partial charge on any atom is 0.240 e. The first-order valence-corrected chi connectivity index (χ1v) is 7.29. The van der Waals surface area contributed by atoms with Crippen molar-refractivity contribution in [1.82, 2.24) is 5.32 Å². The lowest BCUT2D eigenvalue weighted by Gasteiger charge is -2.23. The molecule has 0 bridgehead atoms. The summed E-state index contributed by atoms with van der Waals surface area (Å²) in [6.07, 6.45) is 0.713. The van der Waals surface area contributed by atoms with E-state index in [4.69, 9.17) is 14.2 Å². The Morgan fingerprint density at radius 3 is 2.48 bits per heavy atom. The highest BCUT2D eigenvalue weighted by molar-refractivity contribution is 5.98. The van der Waals surface area contributed by atoms with Gasteiger partial charge in [0.1, 0.15) is 18.0 Å². The van der Waals surface area contributed by atoms with Gasteiger partial charge in [0.15, 0.2) is 0 Å². The number of carbonyl (C=O) groups excluding carboxylic acids is 2. The van der Waals surface area contributed by atoms with Gasteiger partial charge in [0, 0.05) is 33.3 Å². The molecule has 1 rings (SSSR count). The molecular formula is C16H24N2O5. The number of hydrogen-bond donors (Lipinski definition) is 1. The van der Waals surface area contributed by atoms with Crippen LogP contribution in [0.3, 0.4) is 0 Å². The van der Waals surface area contributed by atoms with Gasteiger partial charge in [0.25, 0.3) is 0 Å². The van der Waals surface area contributed by atoms with Gasteiger partial charge in [-0.2, -0.15) is 0 Å². The zero-order valence-electron chi connectivity index (χ0n) is 14.0. The standard InChI is InChI=1S/C16H24N2O5/c1-12(19)18(11-16(20)17-8-5-9-21-2)14-10-13(22-3)6-7-15(14)23-4/h6-7,10H,5,8-9,11H2,1-4H3,(H,17,20). The minimum absolute atomic E-state index is 0.0914. The van der Waals surface area contributed by atoms with Gasteiger partial charge in [-0.15, -0.1) is 0 Å². The number of benzene rings is 1. The molecule has 0 aromatic heterocycles. The lowest BCUT2D eigenvalue weighted by molar-refractivity contribution is -0.123. The van der Waals surface area contributed by atoms with Crippen LogP contribution in [0, 0.1) is 0 Å². The summed E-state index contributed by atoms with van der Waals surface area (Å²) in [7, 11) is 4.65. The van der Waals surface area contributed by atoms with Crippen LogP contribution in [0.5, 0.6) is 11.5 Å². The van der Waals surface area contributed by atoms with Crippen LogP contribution in [0.15, 0.2) is 18.2 Å². The van der Waals surface area contributed by atoms with Crippen LogP contribution >= 0.6 is 0 Å². The molecule has 0 atom stereocenters. The van der Waals surface area contributed by atoms with Crippen LogP contribution in [0.2, 0.25) is 0 Å². The van der Waals surface area contributed by atoms with E-state index in [9.17, 15) is 9.59 Å². The topological polar surface area (TPSA) is 77.1 Å². The highest BCUT2D eigenvalue weighted by Crippen LogP contribution is 2.32. The number of amides is 2. The average molecular weight is 324 g/mol. The molecule has 0 saturated carbocycles. The van der Waals surface area contributed by atoms with Crippen molar-refractivity contribution in [2.24, 2.45) is 0 Å². The molecule has 0 aliphatic rings. The minimum Gasteiger partial charge on any atom is -0.497 e. The summed E-state index contributed by atoms with van der Waals surface area (Å²) in [6, 6.07) is 5.09. The fourth-order valence-corrected chi connectivity index (χ4v) is 2.02. The van der Waals surface area contributed by atoms with Gasteiger partial charge >= 0.3 is 0 Å². The summed E-state index contributed by atoms with van der Waals surface area (Å²) in [5.41, 5.74) is 0.492. The Bertz CT molecular complexity index is 533. The van der Waals surface area contributed by atoms with Crippen molar-refractivity contribution in [3.8, 4) is 11.5 Å². The van der Waals surface area contributed by atoms with Crippen LogP contribution in [0.4, 0.5) is 5.69 Å². The van der Waals surface area contributed by atoms with E-state index in [1.165, 1.54) is 26.0 Å². The quantitative estimate of drug-likeness (QED) is 0.691. The molecule has 0 unspecified atom stereocenters. The van der Waals surface area contributed by atoms with E-state index >= 15 is 0 Å². The number of ether oxygens (including phenoxy) is 3. The SMILES string of the molecule is COCCCNC(=O)CN(C(C)=O)c1cc(OC)ccc1OC. The van der Waals surface area contributed by atoms with E-state index in [1.54, 1.807) is 25.3 Å². The van der Waals surface area contributed by atoms with Crippen molar-refractivity contribution in [3.63, 3.8) is 0 Å². The van der Waals surface area contributed by atoms with Crippen molar-refractivity contribution in [2.75, 3.05) is 45.9 Å². The number of methoxy groups -OCH3 is 3. The fourth-order valence-electron chi connectivity index (χ4n) is 2.02. The molecule has 1 N–H and O–H groups in total. The molecule has 0 heterocycles. The van der Waals surface area contributed by atoms with Gasteiger partial charge in [0.2, 0.25) is 11.8 Å². The minimum atomic E-state index is -0.261. The van der Waals surface area contributed by atoms with E-state index in [0.29, 0.717) is 36.8 Å². The maximum absolute atomic E-state index is 12.0. The van der Waals surface area contributed by atoms with E-state index in [0.717, 1.165) is 0 Å². The Morgan fingerprint density at radius 2 is 1.91 bits per heavy atom. The van der Waals surface area contributed by atoms with Gasteiger partial charge in [-0.05, 0) is 18.6 Å². The molecule has 0 fully saturated rings. The largest absolute Gasteiger partial charge is 0.497 e. The second kappa shape index (κ2) is 9.68. The Kier molecular flexibility index (Phi) is 7.90. The summed E-state index contributed by atoms with van der Waals surface area (Å²) < 4.78 is 15.4. The highest BCUT2D eigenvalue weighted by Gasteiger charge is 2.20. The van der Waals surface area contributed by atoms with Gasteiger partial charge in [-0.25, -0.2) is 0 Å². The highest BCUT2D eigenvalue weighted by atomic mass is 16.5. The smallest absolute Gasteiger partial charge is 0.240 e. The second-order valence-electron chi connectivity index (χ2n) is 4.84. The second-order valence-corrected chi connectivity index (χ2v) is 4.84. The van der Waals surface area contributed by atoms with Crippen molar-refractivity contribution >= 4 is 17.5 Å². The van der Waals surface area contributed by atoms with Crippen LogP contribution in [-0.4, -0.2) is 52.8 Å². The van der Waals surface area contributed by atoms with Crippen molar-refractivity contribution in [3.05, 3.63) is 18.2 Å². The van der Waals surface area contributed by atoms with Crippen LogP contribution < -0.4 is 19.7 Å². The number of rotatable bonds is 9. The number of hydrogen-bond acceptors (Lipinski definition) is 5. The monoisotopic (exact) mass is 324 g/mol. The average Bonchev–Trinajstić information content (AvgIpc) is 2.55. The first-order chi connectivity index (χ1) is 11.0. The van der Waals surface area contributed by atoms with Crippen LogP contribution in [-0.2, 0) is 14.3 Å². The van der Waals surface area contributed by atoms with Gasteiger partial charge in [-0.1, -0.05) is 0 Å².